The molecule has 1 aromatic heterocycles. The van der Waals surface area contributed by atoms with E-state index in [1.807, 2.05) is 0 Å². The Bertz CT molecular complexity index is 640. The minimum absolute atomic E-state index is 0.143. The minimum Gasteiger partial charge on any atom is -0.478 e. The third-order valence-corrected chi connectivity index (χ3v) is 3.69. The van der Waals surface area contributed by atoms with E-state index in [0.29, 0.717) is 17.9 Å². The molecule has 1 heterocycles. The molecular weight excluding hydrogens is 307 g/mol. The summed E-state index contributed by atoms with van der Waals surface area (Å²) < 4.78 is 37.3. The van der Waals surface area contributed by atoms with Gasteiger partial charge in [0, 0.05) is 13.6 Å². The fourth-order valence-corrected chi connectivity index (χ4v) is 2.25. The van der Waals surface area contributed by atoms with Gasteiger partial charge >= 0.3 is 12.1 Å². The molecule has 0 spiro atoms. The predicted octanol–water partition coefficient (Wildman–Crippen LogP) is 2.89. The Morgan fingerprint density at radius 1 is 1.29 bits per heavy atom. The lowest BCUT2D eigenvalue weighted by atomic mass is 10.1. The summed E-state index contributed by atoms with van der Waals surface area (Å²) in [5.41, 5.74) is 0.905. The van der Waals surface area contributed by atoms with Crippen LogP contribution in [0.25, 0.3) is 0 Å². The zero-order chi connectivity index (χ0) is 15.6. The van der Waals surface area contributed by atoms with Crippen molar-refractivity contribution in [2.24, 2.45) is 0 Å². The van der Waals surface area contributed by atoms with Gasteiger partial charge in [-0.05, 0) is 17.7 Å². The Kier molecular flexibility index (Phi) is 4.12. The Labute approximate surface area is 121 Å². The van der Waals surface area contributed by atoms with Crippen molar-refractivity contribution in [3.8, 4) is 0 Å². The maximum absolute atomic E-state index is 12.4. The maximum Gasteiger partial charge on any atom is 0.445 e. The second-order valence-electron chi connectivity index (χ2n) is 4.25. The first kappa shape index (κ1) is 15.2. The summed E-state index contributed by atoms with van der Waals surface area (Å²) in [6.07, 6.45) is -4.50. The fourth-order valence-electron chi connectivity index (χ4n) is 1.58. The summed E-state index contributed by atoms with van der Waals surface area (Å²) in [5.74, 6) is -1.03. The molecule has 0 amide bonds. The molecule has 2 rings (SSSR count). The van der Waals surface area contributed by atoms with Crippen LogP contribution in [-0.2, 0) is 12.7 Å². The van der Waals surface area contributed by atoms with Crippen molar-refractivity contribution >= 4 is 22.4 Å². The average molecular weight is 317 g/mol. The Morgan fingerprint density at radius 2 is 1.90 bits per heavy atom. The molecule has 21 heavy (non-hydrogen) atoms. The van der Waals surface area contributed by atoms with Gasteiger partial charge in [-0.2, -0.15) is 13.2 Å². The molecule has 5 nitrogen and oxygen atoms in total. The van der Waals surface area contributed by atoms with Crippen molar-refractivity contribution in [3.05, 3.63) is 40.4 Å². The Morgan fingerprint density at radius 3 is 2.38 bits per heavy atom. The van der Waals surface area contributed by atoms with Crippen LogP contribution in [0, 0.1) is 0 Å². The average Bonchev–Trinajstić information content (AvgIpc) is 2.88. The van der Waals surface area contributed by atoms with Crippen molar-refractivity contribution in [2.45, 2.75) is 12.7 Å². The lowest BCUT2D eigenvalue weighted by Gasteiger charge is -2.15. The number of nitrogens with zero attached hydrogens (tertiary/aromatic N) is 3. The van der Waals surface area contributed by atoms with Crippen LogP contribution in [-0.4, -0.2) is 28.3 Å². The zero-order valence-electron chi connectivity index (χ0n) is 10.8. The molecule has 0 fully saturated rings. The third kappa shape index (κ3) is 3.69. The number of alkyl halides is 3. The first-order valence-electron chi connectivity index (χ1n) is 5.71. The molecule has 0 bridgehead atoms. The van der Waals surface area contributed by atoms with Crippen molar-refractivity contribution in [3.63, 3.8) is 0 Å². The molecule has 0 radical (unpaired) electrons. The number of hydrogen-bond donors (Lipinski definition) is 1. The van der Waals surface area contributed by atoms with E-state index in [-0.39, 0.29) is 10.7 Å². The quantitative estimate of drug-likeness (QED) is 0.939. The van der Waals surface area contributed by atoms with Crippen molar-refractivity contribution in [2.75, 3.05) is 11.9 Å². The fraction of sp³-hybridized carbons (Fsp3) is 0.250. The number of carboxylic acid groups (broad SMARTS) is 1. The highest BCUT2D eigenvalue weighted by Gasteiger charge is 2.36. The number of carbonyl (C=O) groups is 1. The molecule has 0 aliphatic carbocycles. The monoisotopic (exact) mass is 317 g/mol. The van der Waals surface area contributed by atoms with Gasteiger partial charge in [0.25, 0.3) is 0 Å². The van der Waals surface area contributed by atoms with E-state index in [4.69, 9.17) is 5.11 Å². The van der Waals surface area contributed by atoms with E-state index in [1.54, 1.807) is 19.2 Å². The van der Waals surface area contributed by atoms with Gasteiger partial charge in [-0.3, -0.25) is 0 Å². The van der Waals surface area contributed by atoms with Crippen molar-refractivity contribution < 1.29 is 23.1 Å². The van der Waals surface area contributed by atoms with Gasteiger partial charge in [-0.1, -0.05) is 23.5 Å². The van der Waals surface area contributed by atoms with Gasteiger partial charge in [0.15, 0.2) is 0 Å². The van der Waals surface area contributed by atoms with Crippen LogP contribution in [0.2, 0.25) is 0 Å². The molecule has 0 saturated heterocycles. The molecule has 1 N–H and O–H groups in total. The highest BCUT2D eigenvalue weighted by Crippen LogP contribution is 2.34. The summed E-state index contributed by atoms with van der Waals surface area (Å²) in [7, 11) is 1.59. The predicted molar refractivity (Wildman–Crippen MR) is 70.4 cm³/mol. The second-order valence-corrected chi connectivity index (χ2v) is 5.20. The first-order chi connectivity index (χ1) is 9.77. The van der Waals surface area contributed by atoms with Gasteiger partial charge in [0.2, 0.25) is 10.1 Å². The van der Waals surface area contributed by atoms with Crippen LogP contribution >= 0.6 is 11.3 Å². The van der Waals surface area contributed by atoms with Crippen LogP contribution in [0.4, 0.5) is 18.3 Å². The molecule has 0 saturated carbocycles. The molecule has 0 atom stereocenters. The van der Waals surface area contributed by atoms with E-state index in [0.717, 1.165) is 5.56 Å². The maximum atomic E-state index is 12.4. The number of hydrogen-bond acceptors (Lipinski definition) is 5. The number of rotatable bonds is 4. The smallest absolute Gasteiger partial charge is 0.445 e. The number of anilines is 1. The highest BCUT2D eigenvalue weighted by molar-refractivity contribution is 7.15. The first-order valence-corrected chi connectivity index (χ1v) is 6.53. The number of aromatic carboxylic acids is 1. The summed E-state index contributed by atoms with van der Waals surface area (Å²) >= 11 is 0.460. The lowest BCUT2D eigenvalue weighted by molar-refractivity contribution is -0.138. The molecular formula is C12H10F3N3O2S. The minimum atomic E-state index is -4.50. The second kappa shape index (κ2) is 5.68. The molecule has 0 unspecified atom stereocenters. The summed E-state index contributed by atoms with van der Waals surface area (Å²) in [6.45, 7) is 0.298. The van der Waals surface area contributed by atoms with Crippen molar-refractivity contribution in [1.82, 2.24) is 10.2 Å². The van der Waals surface area contributed by atoms with Gasteiger partial charge in [0.1, 0.15) is 0 Å². The number of benzene rings is 1. The standard InChI is InChI=1S/C12H10F3N3O2S/c1-18(11-17-16-10(21-11)12(13,14)15)6-7-2-4-8(5-3-7)9(19)20/h2-5H,6H2,1H3,(H,19,20). The van der Waals surface area contributed by atoms with Crippen LogP contribution in [0.3, 0.4) is 0 Å². The van der Waals surface area contributed by atoms with Gasteiger partial charge in [0.05, 0.1) is 5.56 Å². The zero-order valence-corrected chi connectivity index (χ0v) is 11.6. The number of carboxylic acids is 1. The summed E-state index contributed by atoms with van der Waals surface area (Å²) in [5, 5.41) is 14.5. The van der Waals surface area contributed by atoms with Crippen LogP contribution in [0.5, 0.6) is 0 Å². The normalized spacial score (nSPS) is 11.4. The van der Waals surface area contributed by atoms with Crippen LogP contribution in [0.1, 0.15) is 20.9 Å². The molecule has 112 valence electrons. The Balaban J connectivity index is 2.09. The van der Waals surface area contributed by atoms with Crippen LogP contribution < -0.4 is 4.90 Å². The number of aromatic nitrogens is 2. The number of halogens is 3. The van der Waals surface area contributed by atoms with E-state index in [1.165, 1.54) is 17.0 Å². The summed E-state index contributed by atoms with van der Waals surface area (Å²) in [6, 6.07) is 6.08. The van der Waals surface area contributed by atoms with E-state index in [9.17, 15) is 18.0 Å². The molecule has 9 heteroatoms. The molecule has 2 aromatic rings. The molecule has 0 aliphatic heterocycles. The van der Waals surface area contributed by atoms with E-state index in [2.05, 4.69) is 10.2 Å². The Hall–Kier alpha value is -2.16. The van der Waals surface area contributed by atoms with Crippen LogP contribution in [0.15, 0.2) is 24.3 Å². The molecule has 1 aromatic carbocycles. The SMILES string of the molecule is CN(Cc1ccc(C(=O)O)cc1)c1nnc(C(F)(F)F)s1. The molecule has 0 aliphatic rings. The van der Waals surface area contributed by atoms with Gasteiger partial charge in [-0.25, -0.2) is 4.79 Å². The van der Waals surface area contributed by atoms with Gasteiger partial charge in [-0.15, -0.1) is 10.2 Å². The van der Waals surface area contributed by atoms with Gasteiger partial charge < -0.3 is 10.0 Å². The van der Waals surface area contributed by atoms with Crippen molar-refractivity contribution in [1.29, 1.82) is 0 Å². The van der Waals surface area contributed by atoms with E-state index < -0.39 is 17.2 Å². The summed E-state index contributed by atoms with van der Waals surface area (Å²) in [4.78, 5) is 12.2. The lowest BCUT2D eigenvalue weighted by Crippen LogP contribution is -2.16. The topological polar surface area (TPSA) is 66.3 Å². The highest BCUT2D eigenvalue weighted by atomic mass is 32.1. The van der Waals surface area contributed by atoms with E-state index >= 15 is 0 Å². The largest absolute Gasteiger partial charge is 0.478 e. The third-order valence-electron chi connectivity index (χ3n) is 2.60.